The second kappa shape index (κ2) is 5.82. The van der Waals surface area contributed by atoms with E-state index < -0.39 is 0 Å². The van der Waals surface area contributed by atoms with Crippen molar-refractivity contribution in [2.24, 2.45) is 0 Å². The summed E-state index contributed by atoms with van der Waals surface area (Å²) in [6.45, 7) is 4.20. The first-order valence-corrected chi connectivity index (χ1v) is 8.25. The second-order valence-corrected chi connectivity index (χ2v) is 6.73. The van der Waals surface area contributed by atoms with Gasteiger partial charge in [-0.15, -0.1) is 0 Å². The van der Waals surface area contributed by atoms with Crippen molar-refractivity contribution in [3.8, 4) is 0 Å². The number of hydrogen-bond donors (Lipinski definition) is 0. The quantitative estimate of drug-likeness (QED) is 0.452. The van der Waals surface area contributed by atoms with Crippen molar-refractivity contribution >= 4 is 38.3 Å². The van der Waals surface area contributed by atoms with Crippen LogP contribution in [0.2, 0.25) is 5.02 Å². The molecule has 0 saturated heterocycles. The molecule has 0 N–H and O–H groups in total. The van der Waals surface area contributed by atoms with Crippen molar-refractivity contribution in [3.05, 3.63) is 81.9 Å². The highest BCUT2D eigenvalue weighted by atomic mass is 79.9. The van der Waals surface area contributed by atoms with Crippen LogP contribution in [-0.4, -0.2) is 0 Å². The summed E-state index contributed by atoms with van der Waals surface area (Å²) in [7, 11) is 0. The summed E-state index contributed by atoms with van der Waals surface area (Å²) in [5.41, 5.74) is 4.83. The van der Waals surface area contributed by atoms with E-state index in [0.29, 0.717) is 0 Å². The van der Waals surface area contributed by atoms with Gasteiger partial charge in [-0.05, 0) is 52.9 Å². The second-order valence-electron chi connectivity index (χ2n) is 5.40. The number of alkyl halides is 1. The van der Waals surface area contributed by atoms with Gasteiger partial charge in [0.15, 0.2) is 0 Å². The first-order valence-electron chi connectivity index (χ1n) is 6.96. The zero-order valence-electron chi connectivity index (χ0n) is 12.0. The van der Waals surface area contributed by atoms with E-state index >= 15 is 0 Å². The fourth-order valence-corrected chi connectivity index (χ4v) is 3.97. The summed E-state index contributed by atoms with van der Waals surface area (Å²) in [4.78, 5) is 0.0936. The molecule has 0 aliphatic heterocycles. The van der Waals surface area contributed by atoms with E-state index in [2.05, 4.69) is 78.3 Å². The largest absolute Gasteiger partial charge is 0.0840 e. The number of benzene rings is 3. The van der Waals surface area contributed by atoms with E-state index in [1.807, 2.05) is 6.07 Å². The first-order chi connectivity index (χ1) is 10.1. The minimum atomic E-state index is 0.0936. The lowest BCUT2D eigenvalue weighted by Gasteiger charge is -2.16. The highest BCUT2D eigenvalue weighted by molar-refractivity contribution is 9.09. The molecule has 0 heterocycles. The summed E-state index contributed by atoms with van der Waals surface area (Å²) in [5.74, 6) is 0. The van der Waals surface area contributed by atoms with Gasteiger partial charge in [-0.25, -0.2) is 0 Å². The highest BCUT2D eigenvalue weighted by Crippen LogP contribution is 2.39. The summed E-state index contributed by atoms with van der Waals surface area (Å²) < 4.78 is 0. The lowest BCUT2D eigenvalue weighted by atomic mass is 9.95. The molecule has 106 valence electrons. The van der Waals surface area contributed by atoms with E-state index in [9.17, 15) is 0 Å². The zero-order chi connectivity index (χ0) is 15.0. The average Bonchev–Trinajstić information content (AvgIpc) is 2.47. The van der Waals surface area contributed by atoms with Crippen molar-refractivity contribution < 1.29 is 0 Å². The van der Waals surface area contributed by atoms with Crippen LogP contribution in [-0.2, 0) is 0 Å². The molecule has 0 saturated carbocycles. The Labute approximate surface area is 138 Å². The fourth-order valence-electron chi connectivity index (χ4n) is 2.70. The number of hydrogen-bond acceptors (Lipinski definition) is 0. The number of aryl methyl sites for hydroxylation is 2. The Hall–Kier alpha value is -1.31. The van der Waals surface area contributed by atoms with Gasteiger partial charge in [0.2, 0.25) is 0 Å². The van der Waals surface area contributed by atoms with Crippen LogP contribution in [0.25, 0.3) is 10.8 Å². The van der Waals surface area contributed by atoms with Crippen molar-refractivity contribution in [1.29, 1.82) is 0 Å². The molecule has 0 nitrogen and oxygen atoms in total. The monoisotopic (exact) mass is 358 g/mol. The van der Waals surface area contributed by atoms with Gasteiger partial charge < -0.3 is 0 Å². The smallest absolute Gasteiger partial charge is 0.0665 e. The molecule has 1 atom stereocenters. The van der Waals surface area contributed by atoms with Crippen molar-refractivity contribution in [1.82, 2.24) is 0 Å². The van der Waals surface area contributed by atoms with Gasteiger partial charge in [-0.1, -0.05) is 76.1 Å². The van der Waals surface area contributed by atoms with Crippen LogP contribution in [0.4, 0.5) is 0 Å². The van der Waals surface area contributed by atoms with Crippen LogP contribution in [0.5, 0.6) is 0 Å². The molecule has 0 aromatic heterocycles. The molecule has 3 rings (SSSR count). The van der Waals surface area contributed by atoms with Crippen molar-refractivity contribution in [2.75, 3.05) is 0 Å². The Morgan fingerprint density at radius 2 is 1.52 bits per heavy atom. The van der Waals surface area contributed by atoms with Crippen LogP contribution in [0.3, 0.4) is 0 Å². The Kier molecular flexibility index (Phi) is 4.05. The molecular weight excluding hydrogens is 344 g/mol. The van der Waals surface area contributed by atoms with E-state index in [1.54, 1.807) is 0 Å². The molecule has 0 radical (unpaired) electrons. The number of fused-ring (bicyclic) bond motifs is 1. The Bertz CT molecular complexity index is 808. The third-order valence-electron chi connectivity index (χ3n) is 3.88. The van der Waals surface area contributed by atoms with E-state index in [-0.39, 0.29) is 4.83 Å². The van der Waals surface area contributed by atoms with Gasteiger partial charge in [0.05, 0.1) is 4.83 Å². The van der Waals surface area contributed by atoms with Crippen LogP contribution in [0.15, 0.2) is 54.6 Å². The van der Waals surface area contributed by atoms with Gasteiger partial charge in [-0.2, -0.15) is 0 Å². The SMILES string of the molecule is Cc1ccc(C(Br)c2ccc(C)c3ccccc23)c(Cl)c1. The van der Waals surface area contributed by atoms with E-state index in [0.717, 1.165) is 10.6 Å². The lowest BCUT2D eigenvalue weighted by molar-refractivity contribution is 1.19. The minimum absolute atomic E-state index is 0.0936. The molecule has 0 amide bonds. The number of halogens is 2. The van der Waals surface area contributed by atoms with Crippen LogP contribution < -0.4 is 0 Å². The fraction of sp³-hybridized carbons (Fsp3) is 0.158. The molecule has 1 unspecified atom stereocenters. The van der Waals surface area contributed by atoms with Gasteiger partial charge in [0.25, 0.3) is 0 Å². The first kappa shape index (κ1) is 14.6. The topological polar surface area (TPSA) is 0 Å². The van der Waals surface area contributed by atoms with Gasteiger partial charge in [-0.3, -0.25) is 0 Å². The van der Waals surface area contributed by atoms with Gasteiger partial charge in [0, 0.05) is 5.02 Å². The molecule has 0 aliphatic carbocycles. The summed E-state index contributed by atoms with van der Waals surface area (Å²) >= 11 is 10.3. The van der Waals surface area contributed by atoms with Crippen molar-refractivity contribution in [2.45, 2.75) is 18.7 Å². The predicted molar refractivity (Wildman–Crippen MR) is 95.6 cm³/mol. The summed E-state index contributed by atoms with van der Waals surface area (Å²) in [6.07, 6.45) is 0. The zero-order valence-corrected chi connectivity index (χ0v) is 14.4. The molecule has 0 aliphatic rings. The molecule has 3 aromatic carbocycles. The number of rotatable bonds is 2. The van der Waals surface area contributed by atoms with E-state index in [1.165, 1.54) is 27.5 Å². The van der Waals surface area contributed by atoms with Gasteiger partial charge >= 0.3 is 0 Å². The molecule has 2 heteroatoms. The molecular formula is C19H16BrCl. The maximum Gasteiger partial charge on any atom is 0.0665 e. The van der Waals surface area contributed by atoms with Crippen molar-refractivity contribution in [3.63, 3.8) is 0 Å². The third-order valence-corrected chi connectivity index (χ3v) is 5.19. The summed E-state index contributed by atoms with van der Waals surface area (Å²) in [5, 5.41) is 3.38. The maximum atomic E-state index is 6.43. The molecule has 0 fully saturated rings. The standard InChI is InChI=1S/C19H16BrCl/c1-12-7-9-17(18(21)11-12)19(20)16-10-8-13(2)14-5-3-4-6-15(14)16/h3-11,19H,1-2H3. The summed E-state index contributed by atoms with van der Waals surface area (Å²) in [6, 6.07) is 19.1. The van der Waals surface area contributed by atoms with Crippen LogP contribution in [0, 0.1) is 13.8 Å². The van der Waals surface area contributed by atoms with Gasteiger partial charge in [0.1, 0.15) is 0 Å². The molecule has 0 bridgehead atoms. The maximum absolute atomic E-state index is 6.43. The predicted octanol–water partition coefficient (Wildman–Crippen LogP) is 6.59. The third kappa shape index (κ3) is 2.73. The van der Waals surface area contributed by atoms with Crippen LogP contribution >= 0.6 is 27.5 Å². The Morgan fingerprint density at radius 1 is 0.857 bits per heavy atom. The molecule has 3 aromatic rings. The highest BCUT2D eigenvalue weighted by Gasteiger charge is 2.16. The lowest BCUT2D eigenvalue weighted by Crippen LogP contribution is -1.96. The molecule has 0 spiro atoms. The van der Waals surface area contributed by atoms with Crippen LogP contribution in [0.1, 0.15) is 27.1 Å². The van der Waals surface area contributed by atoms with E-state index in [4.69, 9.17) is 11.6 Å². The Morgan fingerprint density at radius 3 is 2.24 bits per heavy atom. The Balaban J connectivity index is 2.18. The minimum Gasteiger partial charge on any atom is -0.0840 e. The average molecular weight is 360 g/mol. The normalized spacial score (nSPS) is 12.6. The molecule has 21 heavy (non-hydrogen) atoms.